The van der Waals surface area contributed by atoms with E-state index in [0.29, 0.717) is 42.6 Å². The highest BCUT2D eigenvalue weighted by molar-refractivity contribution is 7.81. The lowest BCUT2D eigenvalue weighted by Gasteiger charge is -2.43. The van der Waals surface area contributed by atoms with E-state index in [0.717, 1.165) is 12.1 Å². The Morgan fingerprint density at radius 3 is 2.37 bits per heavy atom. The smallest absolute Gasteiger partial charge is 0.303 e. The third kappa shape index (κ3) is 3.90. The van der Waals surface area contributed by atoms with Crippen LogP contribution in [0, 0.1) is 34.3 Å². The van der Waals surface area contributed by atoms with Crippen molar-refractivity contribution in [3.8, 4) is 12.1 Å². The van der Waals surface area contributed by atoms with E-state index in [9.17, 15) is 22.4 Å². The number of halogens is 5. The largest absolute Gasteiger partial charge is 0.420 e. The summed E-state index contributed by atoms with van der Waals surface area (Å²) in [6.45, 7) is 0. The van der Waals surface area contributed by atoms with Crippen molar-refractivity contribution in [3.05, 3.63) is 58.7 Å². The molecule has 0 unspecified atom stereocenters. The van der Waals surface area contributed by atoms with Crippen molar-refractivity contribution in [2.75, 3.05) is 9.80 Å². The second-order valence-electron chi connectivity index (χ2n) is 8.36. The molecule has 0 N–H and O–H groups in total. The number of aryl methyl sites for hydroxylation is 1. The molecule has 1 heterocycles. The molecule has 1 amide bonds. The normalized spacial score (nSPS) is 16.9. The molecule has 1 saturated carbocycles. The van der Waals surface area contributed by atoms with Crippen LogP contribution in [0.25, 0.3) is 0 Å². The Kier molecular flexibility index (Phi) is 6.24. The highest BCUT2D eigenvalue weighted by Gasteiger charge is 2.60. The highest BCUT2D eigenvalue weighted by Crippen LogP contribution is 2.49. The maximum atomic E-state index is 15.2. The Labute approximate surface area is 203 Å². The van der Waals surface area contributed by atoms with E-state index in [1.165, 1.54) is 23.1 Å². The first kappa shape index (κ1) is 24.6. The molecule has 1 spiro atoms. The van der Waals surface area contributed by atoms with Crippen molar-refractivity contribution >= 4 is 34.6 Å². The van der Waals surface area contributed by atoms with Crippen LogP contribution >= 0.6 is 12.2 Å². The number of unbranched alkanes of at least 4 members (excludes halogenated alkanes) is 1. The van der Waals surface area contributed by atoms with Crippen LogP contribution in [-0.4, -0.2) is 16.6 Å². The molecule has 180 valence electrons. The molecule has 4 rings (SSSR count). The van der Waals surface area contributed by atoms with Gasteiger partial charge in [0.2, 0.25) is 0 Å². The Morgan fingerprint density at radius 1 is 1.11 bits per heavy atom. The van der Waals surface area contributed by atoms with Crippen LogP contribution in [0.2, 0.25) is 0 Å². The van der Waals surface area contributed by atoms with E-state index in [4.69, 9.17) is 22.7 Å². The summed E-state index contributed by atoms with van der Waals surface area (Å²) >= 11 is 5.43. The van der Waals surface area contributed by atoms with Gasteiger partial charge in [-0.25, -0.2) is 8.78 Å². The number of nitrogens with zero attached hydrogens (tertiary/aromatic N) is 4. The predicted molar refractivity (Wildman–Crippen MR) is 120 cm³/mol. The maximum Gasteiger partial charge on any atom is 0.420 e. The average Bonchev–Trinajstić information content (AvgIpc) is 3.00. The summed E-state index contributed by atoms with van der Waals surface area (Å²) in [5.41, 5.74) is -4.08. The Balaban J connectivity index is 1.78. The minimum absolute atomic E-state index is 0.220. The maximum absolute atomic E-state index is 15.2. The van der Waals surface area contributed by atoms with Gasteiger partial charge in [0, 0.05) is 12.1 Å². The van der Waals surface area contributed by atoms with E-state index >= 15 is 4.39 Å². The van der Waals surface area contributed by atoms with Crippen LogP contribution in [0.15, 0.2) is 30.3 Å². The summed E-state index contributed by atoms with van der Waals surface area (Å²) in [6.07, 6.45) is -2.89. The number of anilines is 2. The zero-order chi connectivity index (χ0) is 25.5. The van der Waals surface area contributed by atoms with Gasteiger partial charge in [0.25, 0.3) is 5.91 Å². The van der Waals surface area contributed by atoms with Crippen molar-refractivity contribution in [3.63, 3.8) is 0 Å². The fourth-order valence-corrected chi connectivity index (χ4v) is 5.00. The second kappa shape index (κ2) is 8.90. The second-order valence-corrected chi connectivity index (χ2v) is 8.73. The third-order valence-corrected chi connectivity index (χ3v) is 6.75. The van der Waals surface area contributed by atoms with Gasteiger partial charge < -0.3 is 4.90 Å². The molecule has 11 heteroatoms. The van der Waals surface area contributed by atoms with Crippen molar-refractivity contribution in [1.29, 1.82) is 10.5 Å². The van der Waals surface area contributed by atoms with Crippen LogP contribution in [-0.2, 0) is 17.4 Å². The summed E-state index contributed by atoms with van der Waals surface area (Å²) in [4.78, 5) is 15.5. The first-order valence-electron chi connectivity index (χ1n) is 10.7. The summed E-state index contributed by atoms with van der Waals surface area (Å²) < 4.78 is 70.5. The molecule has 1 aliphatic heterocycles. The van der Waals surface area contributed by atoms with E-state index in [-0.39, 0.29) is 17.2 Å². The lowest BCUT2D eigenvalue weighted by Crippen LogP contribution is -2.55. The summed E-state index contributed by atoms with van der Waals surface area (Å²) in [5.74, 6) is -3.06. The van der Waals surface area contributed by atoms with E-state index in [1.54, 1.807) is 6.07 Å². The molecule has 35 heavy (non-hydrogen) atoms. The lowest BCUT2D eigenvalue weighted by molar-refractivity contribution is -0.140. The van der Waals surface area contributed by atoms with Crippen LogP contribution in [0.3, 0.4) is 0 Å². The fraction of sp³-hybridized carbons (Fsp3) is 0.333. The molecule has 0 bridgehead atoms. The molecule has 0 radical (unpaired) electrons. The summed E-state index contributed by atoms with van der Waals surface area (Å²) in [5, 5.41) is 17.4. The van der Waals surface area contributed by atoms with Crippen LogP contribution in [0.1, 0.15) is 48.8 Å². The van der Waals surface area contributed by atoms with Gasteiger partial charge in [-0.1, -0.05) is 6.07 Å². The number of nitriles is 2. The van der Waals surface area contributed by atoms with Gasteiger partial charge >= 0.3 is 6.18 Å². The standard InChI is InChI=1S/C24H17F5N4OS/c25-17-12-16(7-5-14(17)4-1-2-11-30)33-22(35)32(21(34)23(33)9-3-10-23)18-8-6-15(13-31)19(20(18)26)24(27,28)29/h5-8,12H,1-4,9-10H2. The number of hydrogen-bond donors (Lipinski definition) is 0. The first-order chi connectivity index (χ1) is 16.6. The molecule has 1 aliphatic carbocycles. The molecule has 1 saturated heterocycles. The number of carbonyl (C=O) groups is 1. The molecule has 2 aromatic carbocycles. The SMILES string of the molecule is N#CCCCc1ccc(N2C(=S)N(c3ccc(C#N)c(C(F)(F)F)c3F)C(=O)C23CCC3)cc1F. The van der Waals surface area contributed by atoms with Crippen molar-refractivity contribution in [2.45, 2.75) is 50.2 Å². The van der Waals surface area contributed by atoms with Gasteiger partial charge in [-0.05, 0) is 74.2 Å². The predicted octanol–water partition coefficient (Wildman–Crippen LogP) is 5.76. The number of carbonyl (C=O) groups excluding carboxylic acids is 1. The minimum atomic E-state index is -5.17. The van der Waals surface area contributed by atoms with Gasteiger partial charge in [0.15, 0.2) is 10.9 Å². The molecule has 0 aromatic heterocycles. The number of thiocarbonyl (C=S) groups is 1. The zero-order valence-electron chi connectivity index (χ0n) is 18.1. The first-order valence-corrected chi connectivity index (χ1v) is 11.1. The van der Waals surface area contributed by atoms with Gasteiger partial charge in [-0.3, -0.25) is 9.69 Å². The Morgan fingerprint density at radius 2 is 1.83 bits per heavy atom. The third-order valence-electron chi connectivity index (χ3n) is 6.39. The number of hydrogen-bond acceptors (Lipinski definition) is 4. The van der Waals surface area contributed by atoms with Crippen molar-refractivity contribution < 1.29 is 26.7 Å². The molecular formula is C24H17F5N4OS. The van der Waals surface area contributed by atoms with E-state index in [1.807, 2.05) is 6.07 Å². The van der Waals surface area contributed by atoms with Gasteiger partial charge in [0.05, 0.1) is 23.4 Å². The van der Waals surface area contributed by atoms with E-state index in [2.05, 4.69) is 0 Å². The quantitative estimate of drug-likeness (QED) is 0.294. The molecule has 2 fully saturated rings. The number of alkyl halides is 3. The van der Waals surface area contributed by atoms with Crippen LogP contribution in [0.5, 0.6) is 0 Å². The van der Waals surface area contributed by atoms with Crippen LogP contribution in [0.4, 0.5) is 33.3 Å². The molecule has 0 atom stereocenters. The Bertz CT molecular complexity index is 1310. The van der Waals surface area contributed by atoms with Gasteiger partial charge in [0.1, 0.15) is 16.9 Å². The van der Waals surface area contributed by atoms with Gasteiger partial charge in [-0.15, -0.1) is 0 Å². The monoisotopic (exact) mass is 504 g/mol. The minimum Gasteiger partial charge on any atom is -0.303 e. The number of amides is 1. The van der Waals surface area contributed by atoms with Gasteiger partial charge in [-0.2, -0.15) is 23.7 Å². The lowest BCUT2D eigenvalue weighted by atomic mass is 9.75. The summed E-state index contributed by atoms with van der Waals surface area (Å²) in [7, 11) is 0. The van der Waals surface area contributed by atoms with Crippen LogP contribution < -0.4 is 9.80 Å². The molecular weight excluding hydrogens is 487 g/mol. The number of benzene rings is 2. The zero-order valence-corrected chi connectivity index (χ0v) is 18.9. The molecule has 5 nitrogen and oxygen atoms in total. The topological polar surface area (TPSA) is 71.1 Å². The van der Waals surface area contributed by atoms with Crippen molar-refractivity contribution in [1.82, 2.24) is 0 Å². The Hall–Kier alpha value is -3.57. The van der Waals surface area contributed by atoms with Crippen molar-refractivity contribution in [2.24, 2.45) is 0 Å². The van der Waals surface area contributed by atoms with E-state index < -0.39 is 46.1 Å². The fourth-order valence-electron chi connectivity index (χ4n) is 4.54. The highest BCUT2D eigenvalue weighted by atomic mass is 32.1. The summed E-state index contributed by atoms with van der Waals surface area (Å²) in [6, 6.07) is 9.25. The average molecular weight is 504 g/mol. The number of rotatable bonds is 5. The molecule has 2 aliphatic rings. The molecule has 2 aromatic rings.